The average molecular weight is 420 g/mol. The molecule has 0 aliphatic carbocycles. The lowest BCUT2D eigenvalue weighted by Gasteiger charge is -2.02. The van der Waals surface area contributed by atoms with E-state index in [1.54, 1.807) is 0 Å². The first-order valence-electron chi connectivity index (χ1n) is 5.32. The van der Waals surface area contributed by atoms with Crippen LogP contribution in [0.1, 0.15) is 10.4 Å². The summed E-state index contributed by atoms with van der Waals surface area (Å²) in [6.45, 7) is 0. The number of nitrogens with one attached hydrogen (secondary N) is 1. The van der Waals surface area contributed by atoms with Gasteiger partial charge in [-0.2, -0.15) is 0 Å². The van der Waals surface area contributed by atoms with Crippen LogP contribution in [0.4, 0.5) is 5.69 Å². The minimum absolute atomic E-state index is 0.0988. The smallest absolute Gasteiger partial charge is 0.256 e. The van der Waals surface area contributed by atoms with Crippen molar-refractivity contribution in [1.82, 2.24) is 0 Å². The first kappa shape index (κ1) is 13.4. The van der Waals surface area contributed by atoms with Crippen LogP contribution >= 0.6 is 54.8 Å². The zero-order valence-electron chi connectivity index (χ0n) is 9.34. The minimum Gasteiger partial charge on any atom is -0.320 e. The van der Waals surface area contributed by atoms with Gasteiger partial charge in [0.25, 0.3) is 5.91 Å². The van der Waals surface area contributed by atoms with E-state index in [0.29, 0.717) is 9.91 Å². The molecule has 2 nitrogen and oxygen atoms in total. The molecule has 1 aromatic heterocycles. The average Bonchev–Trinajstić information content (AvgIpc) is 2.87. The molecule has 3 rings (SSSR count). The maximum absolute atomic E-state index is 12.1. The lowest BCUT2D eigenvalue weighted by molar-refractivity contribution is -0.110. The van der Waals surface area contributed by atoms with Gasteiger partial charge in [0, 0.05) is 19.4 Å². The summed E-state index contributed by atoms with van der Waals surface area (Å²) in [5.41, 5.74) is 2.34. The molecule has 1 amide bonds. The largest absolute Gasteiger partial charge is 0.320 e. The predicted molar refractivity (Wildman–Crippen MR) is 87.7 cm³/mol. The van der Waals surface area contributed by atoms with Crippen molar-refractivity contribution in [3.8, 4) is 0 Å². The maximum atomic E-state index is 12.1. The number of thiophene rings is 1. The molecule has 0 atom stereocenters. The number of hydrogen-bond acceptors (Lipinski definition) is 2. The molecule has 0 fully saturated rings. The van der Waals surface area contributed by atoms with Gasteiger partial charge < -0.3 is 5.32 Å². The summed E-state index contributed by atoms with van der Waals surface area (Å²) in [7, 11) is 0. The van der Waals surface area contributed by atoms with Crippen LogP contribution in [0.2, 0.25) is 4.34 Å². The number of carbonyl (C=O) groups excluding carboxylic acids is 1. The van der Waals surface area contributed by atoms with Gasteiger partial charge in [0.15, 0.2) is 0 Å². The molecule has 0 bridgehead atoms. The van der Waals surface area contributed by atoms with Crippen LogP contribution in [0, 0.1) is 0 Å². The third kappa shape index (κ3) is 2.52. The Kier molecular flexibility index (Phi) is 3.55. The van der Waals surface area contributed by atoms with Crippen molar-refractivity contribution in [2.45, 2.75) is 0 Å². The Morgan fingerprint density at radius 3 is 2.74 bits per heavy atom. The van der Waals surface area contributed by atoms with Crippen molar-refractivity contribution in [2.75, 3.05) is 5.32 Å². The number of hydrogen-bond donors (Lipinski definition) is 1. The summed E-state index contributed by atoms with van der Waals surface area (Å²) >= 11 is 14.2. The monoisotopic (exact) mass is 417 g/mol. The Morgan fingerprint density at radius 2 is 2.05 bits per heavy atom. The van der Waals surface area contributed by atoms with Crippen LogP contribution < -0.4 is 5.32 Å². The van der Waals surface area contributed by atoms with Crippen molar-refractivity contribution < 1.29 is 4.79 Å². The van der Waals surface area contributed by atoms with Crippen molar-refractivity contribution in [3.63, 3.8) is 0 Å². The first-order chi connectivity index (χ1) is 9.04. The van der Waals surface area contributed by atoms with E-state index < -0.39 is 0 Å². The summed E-state index contributed by atoms with van der Waals surface area (Å²) < 4.78 is 2.49. The molecular formula is C13H6Br2ClNOS. The number of benzene rings is 1. The minimum atomic E-state index is -0.0988. The summed E-state index contributed by atoms with van der Waals surface area (Å²) in [6, 6.07) is 7.56. The van der Waals surface area contributed by atoms with E-state index in [9.17, 15) is 4.79 Å². The third-order valence-corrected chi connectivity index (χ3v) is 4.97. The molecule has 19 heavy (non-hydrogen) atoms. The quantitative estimate of drug-likeness (QED) is 0.615. The first-order valence-corrected chi connectivity index (χ1v) is 8.10. The molecule has 2 heterocycles. The fraction of sp³-hybridized carbons (Fsp3) is 0. The molecule has 0 saturated heterocycles. The number of anilines is 1. The van der Waals surface area contributed by atoms with Crippen molar-refractivity contribution in [1.29, 1.82) is 0 Å². The highest BCUT2D eigenvalue weighted by atomic mass is 79.9. The second-order valence-electron chi connectivity index (χ2n) is 3.96. The molecule has 96 valence electrons. The lowest BCUT2D eigenvalue weighted by Crippen LogP contribution is -2.03. The normalized spacial score (nSPS) is 15.7. The van der Waals surface area contributed by atoms with Crippen LogP contribution in [0.25, 0.3) is 11.6 Å². The molecule has 6 heteroatoms. The Hall–Kier alpha value is -0.620. The van der Waals surface area contributed by atoms with E-state index in [-0.39, 0.29) is 5.91 Å². The van der Waals surface area contributed by atoms with Crippen molar-refractivity contribution in [2.24, 2.45) is 0 Å². The Bertz CT molecular complexity index is 723. The van der Waals surface area contributed by atoms with Gasteiger partial charge in [-0.3, -0.25) is 4.79 Å². The van der Waals surface area contributed by atoms with Gasteiger partial charge in [-0.25, -0.2) is 0 Å². The van der Waals surface area contributed by atoms with E-state index >= 15 is 0 Å². The fourth-order valence-electron chi connectivity index (χ4n) is 1.91. The molecule has 1 aromatic carbocycles. The zero-order chi connectivity index (χ0) is 13.6. The molecular weight excluding hydrogens is 413 g/mol. The Labute approximate surface area is 135 Å². The van der Waals surface area contributed by atoms with Gasteiger partial charge in [-0.15, -0.1) is 11.3 Å². The molecule has 2 aromatic rings. The van der Waals surface area contributed by atoms with Gasteiger partial charge in [-0.1, -0.05) is 27.5 Å². The molecule has 0 spiro atoms. The summed E-state index contributed by atoms with van der Waals surface area (Å²) in [5.74, 6) is -0.0988. The second-order valence-corrected chi connectivity index (χ2v) is 7.48. The summed E-state index contributed by atoms with van der Waals surface area (Å²) in [5, 5.41) is 2.87. The number of halogens is 3. The van der Waals surface area contributed by atoms with E-state index in [2.05, 4.69) is 37.2 Å². The van der Waals surface area contributed by atoms with E-state index in [0.717, 1.165) is 25.1 Å². The highest BCUT2D eigenvalue weighted by Crippen LogP contribution is 2.41. The number of rotatable bonds is 1. The van der Waals surface area contributed by atoms with Gasteiger partial charge >= 0.3 is 0 Å². The van der Waals surface area contributed by atoms with Crippen molar-refractivity contribution in [3.05, 3.63) is 48.0 Å². The number of amides is 1. The van der Waals surface area contributed by atoms with Crippen LogP contribution in [0.5, 0.6) is 0 Å². The molecule has 0 radical (unpaired) electrons. The number of carbonyl (C=O) groups is 1. The van der Waals surface area contributed by atoms with E-state index in [4.69, 9.17) is 11.6 Å². The van der Waals surface area contributed by atoms with Crippen molar-refractivity contribution >= 4 is 78.0 Å². The van der Waals surface area contributed by atoms with Crippen LogP contribution in [-0.2, 0) is 4.79 Å². The zero-order valence-corrected chi connectivity index (χ0v) is 14.1. The SMILES string of the molecule is O=C1Nc2c(Br)cc(Br)cc2C1=Cc1ccc(Cl)s1. The summed E-state index contributed by atoms with van der Waals surface area (Å²) in [4.78, 5) is 13.0. The molecule has 1 aliphatic heterocycles. The molecule has 0 saturated carbocycles. The van der Waals surface area contributed by atoms with Gasteiger partial charge in [0.05, 0.1) is 15.6 Å². The Balaban J connectivity index is 2.15. The van der Waals surface area contributed by atoms with Gasteiger partial charge in [0.2, 0.25) is 0 Å². The second kappa shape index (κ2) is 5.05. The van der Waals surface area contributed by atoms with Gasteiger partial charge in [0.1, 0.15) is 0 Å². The predicted octanol–water partition coefficient (Wildman–Crippen LogP) is 5.42. The number of fused-ring (bicyclic) bond motifs is 1. The van der Waals surface area contributed by atoms with E-state index in [1.807, 2.05) is 30.3 Å². The van der Waals surface area contributed by atoms with Crippen LogP contribution in [0.15, 0.2) is 33.2 Å². The molecule has 1 N–H and O–H groups in total. The maximum Gasteiger partial charge on any atom is 0.256 e. The topological polar surface area (TPSA) is 29.1 Å². The standard InChI is InChI=1S/C13H6Br2ClNOS/c14-6-3-8-9(5-7-1-2-11(16)19-7)13(18)17-12(8)10(15)4-6/h1-5H,(H,17,18). The molecule has 1 aliphatic rings. The highest BCUT2D eigenvalue weighted by molar-refractivity contribution is 9.11. The van der Waals surface area contributed by atoms with Crippen LogP contribution in [0.3, 0.4) is 0 Å². The fourth-order valence-corrected chi connectivity index (χ4v) is 4.24. The van der Waals surface area contributed by atoms with Crippen LogP contribution in [-0.4, -0.2) is 5.91 Å². The summed E-state index contributed by atoms with van der Waals surface area (Å²) in [6.07, 6.45) is 1.86. The highest BCUT2D eigenvalue weighted by Gasteiger charge is 2.26. The third-order valence-electron chi connectivity index (χ3n) is 2.71. The lowest BCUT2D eigenvalue weighted by atomic mass is 10.1. The van der Waals surface area contributed by atoms with Gasteiger partial charge in [-0.05, 0) is 46.3 Å². The molecule has 0 unspecified atom stereocenters. The Morgan fingerprint density at radius 1 is 1.26 bits per heavy atom. The van der Waals surface area contributed by atoms with E-state index in [1.165, 1.54) is 11.3 Å².